The van der Waals surface area contributed by atoms with Crippen molar-refractivity contribution in [3.8, 4) is 11.1 Å². The summed E-state index contributed by atoms with van der Waals surface area (Å²) in [7, 11) is 1.88. The number of nitrogens with one attached hydrogen (secondary N) is 1. The second-order valence-corrected chi connectivity index (χ2v) is 10.4. The largest absolute Gasteiger partial charge is 0.337 e. The molecule has 39 heavy (non-hydrogen) atoms. The molecular weight excluding hydrogens is 557 g/mol. The fraction of sp³-hybridized carbons (Fsp3) is 0.107. The maximum absolute atomic E-state index is 12.8. The zero-order valence-corrected chi connectivity index (χ0v) is 23.0. The molecule has 1 amide bonds. The van der Waals surface area contributed by atoms with Crippen molar-refractivity contribution in [2.24, 2.45) is 7.05 Å². The number of imidazole rings is 1. The Labute approximate surface area is 238 Å². The van der Waals surface area contributed by atoms with Crippen LogP contribution in [-0.4, -0.2) is 35.5 Å². The summed E-state index contributed by atoms with van der Waals surface area (Å²) in [6, 6.07) is 20.7. The van der Waals surface area contributed by atoms with Crippen LogP contribution in [0.2, 0.25) is 15.1 Å². The van der Waals surface area contributed by atoms with Gasteiger partial charge in [0.15, 0.2) is 5.65 Å². The van der Waals surface area contributed by atoms with Gasteiger partial charge in [0.05, 0.1) is 28.8 Å². The predicted octanol–water partition coefficient (Wildman–Crippen LogP) is 6.07. The minimum Gasteiger partial charge on any atom is -0.337 e. The van der Waals surface area contributed by atoms with Gasteiger partial charge in [-0.3, -0.25) is 4.79 Å². The van der Waals surface area contributed by atoms with E-state index >= 15 is 0 Å². The SMILES string of the molecule is CC(=O)NC(c1ccc(Cl)cc1)(c1ccc2c(c1)c(-c1cccc(Cl)c1)c(Cl)c1nnnn12)c1cncn1C. The summed E-state index contributed by atoms with van der Waals surface area (Å²) in [5.41, 5.74) is 3.86. The van der Waals surface area contributed by atoms with Crippen molar-refractivity contribution in [3.05, 3.63) is 111 Å². The summed E-state index contributed by atoms with van der Waals surface area (Å²) >= 11 is 19.6. The van der Waals surface area contributed by atoms with E-state index in [1.165, 1.54) is 6.92 Å². The molecule has 0 saturated carbocycles. The molecule has 0 bridgehead atoms. The average Bonchev–Trinajstić information content (AvgIpc) is 3.58. The van der Waals surface area contributed by atoms with Gasteiger partial charge >= 0.3 is 0 Å². The molecular formula is C28H20Cl3N7O. The normalized spacial score (nSPS) is 13.1. The van der Waals surface area contributed by atoms with Crippen molar-refractivity contribution < 1.29 is 4.79 Å². The van der Waals surface area contributed by atoms with Gasteiger partial charge in [-0.05, 0) is 63.5 Å². The maximum Gasteiger partial charge on any atom is 0.218 e. The van der Waals surface area contributed by atoms with Crippen LogP contribution < -0.4 is 5.32 Å². The van der Waals surface area contributed by atoms with Crippen molar-refractivity contribution in [1.29, 1.82) is 0 Å². The van der Waals surface area contributed by atoms with Gasteiger partial charge in [-0.2, -0.15) is 4.52 Å². The minimum atomic E-state index is -1.12. The van der Waals surface area contributed by atoms with Crippen molar-refractivity contribution in [3.63, 3.8) is 0 Å². The van der Waals surface area contributed by atoms with Crippen molar-refractivity contribution in [2.45, 2.75) is 12.5 Å². The van der Waals surface area contributed by atoms with E-state index in [4.69, 9.17) is 34.8 Å². The Morgan fingerprint density at radius 2 is 1.72 bits per heavy atom. The first-order valence-corrected chi connectivity index (χ1v) is 13.0. The Hall–Kier alpha value is -3.98. The number of hydrogen-bond acceptors (Lipinski definition) is 5. The number of carbonyl (C=O) groups is 1. The van der Waals surface area contributed by atoms with Crippen LogP contribution in [0.25, 0.3) is 27.7 Å². The summed E-state index contributed by atoms with van der Waals surface area (Å²) in [4.78, 5) is 17.2. The van der Waals surface area contributed by atoms with Crippen LogP contribution >= 0.6 is 34.8 Å². The van der Waals surface area contributed by atoms with Gasteiger partial charge < -0.3 is 9.88 Å². The number of carbonyl (C=O) groups excluding carboxylic acids is 1. The molecule has 0 aliphatic rings. The Balaban J connectivity index is 1.75. The third-order valence-electron chi connectivity index (χ3n) is 6.77. The van der Waals surface area contributed by atoms with E-state index in [1.807, 2.05) is 60.1 Å². The summed E-state index contributed by atoms with van der Waals surface area (Å²) < 4.78 is 3.48. The van der Waals surface area contributed by atoms with Gasteiger partial charge in [-0.15, -0.1) is 5.10 Å². The number of tetrazole rings is 1. The van der Waals surface area contributed by atoms with Crippen LogP contribution in [0.5, 0.6) is 0 Å². The Kier molecular flexibility index (Phi) is 6.26. The van der Waals surface area contributed by atoms with E-state index in [1.54, 1.807) is 35.2 Å². The van der Waals surface area contributed by atoms with E-state index in [0.29, 0.717) is 20.7 Å². The van der Waals surface area contributed by atoms with E-state index in [-0.39, 0.29) is 5.91 Å². The third kappa shape index (κ3) is 4.12. The van der Waals surface area contributed by atoms with E-state index in [9.17, 15) is 4.79 Å². The lowest BCUT2D eigenvalue weighted by molar-refractivity contribution is -0.120. The molecule has 6 rings (SSSR count). The molecule has 11 heteroatoms. The van der Waals surface area contributed by atoms with Crippen LogP contribution in [0.4, 0.5) is 0 Å². The zero-order chi connectivity index (χ0) is 27.3. The Bertz CT molecular complexity index is 1880. The lowest BCUT2D eigenvalue weighted by Crippen LogP contribution is -2.48. The number of benzene rings is 3. The molecule has 3 aromatic carbocycles. The van der Waals surface area contributed by atoms with Crippen LogP contribution in [0.1, 0.15) is 23.7 Å². The van der Waals surface area contributed by atoms with E-state index < -0.39 is 5.54 Å². The second kappa shape index (κ2) is 9.64. The lowest BCUT2D eigenvalue weighted by atomic mass is 9.79. The molecule has 6 aromatic rings. The molecule has 0 radical (unpaired) electrons. The molecule has 0 fully saturated rings. The summed E-state index contributed by atoms with van der Waals surface area (Å²) in [6.45, 7) is 1.49. The van der Waals surface area contributed by atoms with Crippen LogP contribution in [0.3, 0.4) is 0 Å². The molecule has 3 heterocycles. The molecule has 0 spiro atoms. The third-order valence-corrected chi connectivity index (χ3v) is 7.61. The molecule has 194 valence electrons. The number of nitrogens with zero attached hydrogens (tertiary/aromatic N) is 6. The highest BCUT2D eigenvalue weighted by Crippen LogP contribution is 2.42. The number of halogens is 3. The number of pyridine rings is 1. The maximum atomic E-state index is 12.8. The molecule has 0 saturated heterocycles. The Morgan fingerprint density at radius 1 is 0.949 bits per heavy atom. The number of hydrogen-bond donors (Lipinski definition) is 1. The summed E-state index contributed by atoms with van der Waals surface area (Å²) in [5, 5.41) is 17.7. The topological polar surface area (TPSA) is 90.0 Å². The average molecular weight is 577 g/mol. The smallest absolute Gasteiger partial charge is 0.218 e. The predicted molar refractivity (Wildman–Crippen MR) is 152 cm³/mol. The highest BCUT2D eigenvalue weighted by atomic mass is 35.5. The number of rotatable bonds is 5. The van der Waals surface area contributed by atoms with Gasteiger partial charge in [-0.1, -0.05) is 65.1 Å². The molecule has 1 atom stereocenters. The first-order chi connectivity index (χ1) is 18.8. The standard InChI is InChI=1S/C28H20Cl3N7O/c1-16(39)33-28(24-14-32-15-37(24)2,18-6-9-20(29)10-7-18)19-8-11-23-22(13-19)25(17-4-3-5-21(30)12-17)26(31)27-34-35-36-38(23)27/h3-15H,1-2H3,(H,33,39). The van der Waals surface area contributed by atoms with Gasteiger partial charge in [0, 0.05) is 35.0 Å². The quantitative estimate of drug-likeness (QED) is 0.269. The van der Waals surface area contributed by atoms with Gasteiger partial charge in [0.2, 0.25) is 5.91 Å². The second-order valence-electron chi connectivity index (χ2n) is 9.17. The molecule has 8 nitrogen and oxygen atoms in total. The zero-order valence-electron chi connectivity index (χ0n) is 20.7. The summed E-state index contributed by atoms with van der Waals surface area (Å²) in [5.74, 6) is -0.227. The molecule has 1 N–H and O–H groups in total. The lowest BCUT2D eigenvalue weighted by Gasteiger charge is -2.36. The van der Waals surface area contributed by atoms with Crippen LogP contribution in [-0.2, 0) is 17.4 Å². The van der Waals surface area contributed by atoms with Crippen molar-refractivity contribution >= 4 is 57.3 Å². The number of fused-ring (bicyclic) bond motifs is 3. The molecule has 0 aliphatic carbocycles. The fourth-order valence-corrected chi connectivity index (χ4v) is 5.80. The minimum absolute atomic E-state index is 0.227. The van der Waals surface area contributed by atoms with Gasteiger partial charge in [0.25, 0.3) is 0 Å². The van der Waals surface area contributed by atoms with Crippen molar-refractivity contribution in [1.82, 2.24) is 34.9 Å². The molecule has 1 unspecified atom stereocenters. The van der Waals surface area contributed by atoms with Gasteiger partial charge in [-0.25, -0.2) is 4.98 Å². The Morgan fingerprint density at radius 3 is 2.41 bits per heavy atom. The van der Waals surface area contributed by atoms with Crippen LogP contribution in [0, 0.1) is 0 Å². The monoisotopic (exact) mass is 575 g/mol. The van der Waals surface area contributed by atoms with Crippen molar-refractivity contribution in [2.75, 3.05) is 0 Å². The number of aromatic nitrogens is 6. The fourth-order valence-electron chi connectivity index (χ4n) is 5.15. The number of amides is 1. The van der Waals surface area contributed by atoms with Crippen LogP contribution in [0.15, 0.2) is 79.3 Å². The molecule has 3 aromatic heterocycles. The first kappa shape index (κ1) is 25.3. The number of aryl methyl sites for hydroxylation is 1. The highest BCUT2D eigenvalue weighted by molar-refractivity contribution is 6.38. The molecule has 0 aliphatic heterocycles. The van der Waals surface area contributed by atoms with E-state index in [0.717, 1.165) is 38.9 Å². The van der Waals surface area contributed by atoms with Gasteiger partial charge in [0.1, 0.15) is 5.54 Å². The highest BCUT2D eigenvalue weighted by Gasteiger charge is 2.40. The van der Waals surface area contributed by atoms with E-state index in [2.05, 4.69) is 25.8 Å². The summed E-state index contributed by atoms with van der Waals surface area (Å²) in [6.07, 6.45) is 3.44. The first-order valence-electron chi connectivity index (χ1n) is 11.9.